The maximum absolute atomic E-state index is 12.6. The van der Waals surface area contributed by atoms with Gasteiger partial charge in [0.1, 0.15) is 0 Å². The van der Waals surface area contributed by atoms with Crippen molar-refractivity contribution in [2.24, 2.45) is 0 Å². The van der Waals surface area contributed by atoms with Gasteiger partial charge in [0.15, 0.2) is 0 Å². The number of amides is 4. The summed E-state index contributed by atoms with van der Waals surface area (Å²) >= 11 is 1.54. The molecule has 4 amide bonds. The van der Waals surface area contributed by atoms with Gasteiger partial charge in [0, 0.05) is 39.0 Å². The highest BCUT2D eigenvalue weighted by atomic mass is 32.1. The van der Waals surface area contributed by atoms with Gasteiger partial charge in [-0.3, -0.25) is 14.9 Å². The highest BCUT2D eigenvalue weighted by Crippen LogP contribution is 2.30. The first-order valence-electron chi connectivity index (χ1n) is 9.34. The lowest BCUT2D eigenvalue weighted by Crippen LogP contribution is -2.50. The van der Waals surface area contributed by atoms with Crippen molar-refractivity contribution in [1.82, 2.24) is 25.3 Å². The maximum atomic E-state index is 12.6. The Morgan fingerprint density at radius 1 is 1.32 bits per heavy atom. The van der Waals surface area contributed by atoms with Crippen molar-refractivity contribution in [3.63, 3.8) is 0 Å². The lowest BCUT2D eigenvalue weighted by molar-refractivity contribution is -0.132. The number of carbonyl (C=O) groups is 3. The van der Waals surface area contributed by atoms with Crippen LogP contribution in [0.1, 0.15) is 37.5 Å². The van der Waals surface area contributed by atoms with Gasteiger partial charge in [-0.2, -0.15) is 0 Å². The second kappa shape index (κ2) is 8.09. The van der Waals surface area contributed by atoms with Crippen molar-refractivity contribution in [3.8, 4) is 10.8 Å². The molecular formula is C18H21N5O4S. The van der Waals surface area contributed by atoms with E-state index in [1.165, 1.54) is 4.90 Å². The van der Waals surface area contributed by atoms with E-state index in [0.717, 1.165) is 17.7 Å². The molecule has 2 aliphatic rings. The molecule has 2 saturated heterocycles. The predicted molar refractivity (Wildman–Crippen MR) is 101 cm³/mol. The van der Waals surface area contributed by atoms with E-state index in [1.54, 1.807) is 16.2 Å². The standard InChI is InChI=1S/C18H21N5O4S/c24-14-5-8-22(18(26)19-14)9-6-15(25)23-7-1-3-12(11-23)16-20-21-17(27-16)13-4-2-10-28-13/h2,4,10,12H,1,3,5-9,11H2,(H,19,24,26). The molecule has 9 nitrogen and oxygen atoms in total. The van der Waals surface area contributed by atoms with E-state index in [-0.39, 0.29) is 30.6 Å². The van der Waals surface area contributed by atoms with Crippen LogP contribution in [0.5, 0.6) is 0 Å². The molecule has 0 bridgehead atoms. The van der Waals surface area contributed by atoms with Crippen molar-refractivity contribution in [2.75, 3.05) is 26.2 Å². The van der Waals surface area contributed by atoms with Gasteiger partial charge in [0.2, 0.25) is 17.7 Å². The normalized spacial score (nSPS) is 20.4. The highest BCUT2D eigenvalue weighted by molar-refractivity contribution is 7.13. The van der Waals surface area contributed by atoms with Crippen LogP contribution < -0.4 is 5.32 Å². The van der Waals surface area contributed by atoms with Crippen LogP contribution in [0.3, 0.4) is 0 Å². The summed E-state index contributed by atoms with van der Waals surface area (Å²) in [4.78, 5) is 39.8. The quantitative estimate of drug-likeness (QED) is 0.816. The summed E-state index contributed by atoms with van der Waals surface area (Å²) in [5.74, 6) is 0.823. The van der Waals surface area contributed by atoms with E-state index in [0.29, 0.717) is 38.0 Å². The number of hydrogen-bond acceptors (Lipinski definition) is 7. The summed E-state index contributed by atoms with van der Waals surface area (Å²) in [6.45, 7) is 1.89. The van der Waals surface area contributed by atoms with Gasteiger partial charge in [0.25, 0.3) is 5.89 Å². The van der Waals surface area contributed by atoms with Crippen molar-refractivity contribution < 1.29 is 18.8 Å². The Bertz CT molecular complexity index is 865. The monoisotopic (exact) mass is 403 g/mol. The zero-order valence-corrected chi connectivity index (χ0v) is 16.1. The number of likely N-dealkylation sites (tertiary alicyclic amines) is 1. The van der Waals surface area contributed by atoms with Crippen molar-refractivity contribution in [2.45, 2.75) is 31.6 Å². The molecule has 0 saturated carbocycles. The van der Waals surface area contributed by atoms with Crippen LogP contribution >= 0.6 is 11.3 Å². The van der Waals surface area contributed by atoms with Gasteiger partial charge in [-0.25, -0.2) is 4.79 Å². The molecule has 1 unspecified atom stereocenters. The number of urea groups is 1. The van der Waals surface area contributed by atoms with Gasteiger partial charge in [0.05, 0.1) is 10.8 Å². The zero-order chi connectivity index (χ0) is 19.5. The largest absolute Gasteiger partial charge is 0.420 e. The fourth-order valence-corrected chi connectivity index (χ4v) is 4.15. The van der Waals surface area contributed by atoms with Gasteiger partial charge >= 0.3 is 6.03 Å². The Kier molecular flexibility index (Phi) is 5.38. The summed E-state index contributed by atoms with van der Waals surface area (Å²) < 4.78 is 5.83. The van der Waals surface area contributed by atoms with E-state index in [4.69, 9.17) is 4.42 Å². The molecule has 2 aliphatic heterocycles. The Balaban J connectivity index is 1.32. The molecule has 0 aromatic carbocycles. The molecule has 2 fully saturated rings. The third-order valence-corrected chi connectivity index (χ3v) is 5.89. The van der Waals surface area contributed by atoms with E-state index >= 15 is 0 Å². The highest BCUT2D eigenvalue weighted by Gasteiger charge is 2.29. The minimum atomic E-state index is -0.424. The molecule has 1 atom stereocenters. The third-order valence-electron chi connectivity index (χ3n) is 5.03. The van der Waals surface area contributed by atoms with Crippen LogP contribution in [0.15, 0.2) is 21.9 Å². The van der Waals surface area contributed by atoms with Crippen LogP contribution in [0.2, 0.25) is 0 Å². The molecule has 28 heavy (non-hydrogen) atoms. The number of piperidine rings is 1. The van der Waals surface area contributed by atoms with E-state index in [9.17, 15) is 14.4 Å². The number of nitrogens with one attached hydrogen (secondary N) is 1. The summed E-state index contributed by atoms with van der Waals surface area (Å²) in [7, 11) is 0. The number of nitrogens with zero attached hydrogens (tertiary/aromatic N) is 4. The average molecular weight is 403 g/mol. The molecule has 2 aromatic rings. The second-order valence-electron chi connectivity index (χ2n) is 6.94. The molecule has 148 valence electrons. The topological polar surface area (TPSA) is 109 Å². The average Bonchev–Trinajstić information content (AvgIpc) is 3.39. The predicted octanol–water partition coefficient (Wildman–Crippen LogP) is 1.84. The molecule has 0 aliphatic carbocycles. The van der Waals surface area contributed by atoms with Crippen LogP contribution in [0.25, 0.3) is 10.8 Å². The fourth-order valence-electron chi connectivity index (χ4n) is 3.51. The number of thiophene rings is 1. The molecule has 0 spiro atoms. The minimum Gasteiger partial charge on any atom is -0.420 e. The fraction of sp³-hybridized carbons (Fsp3) is 0.500. The summed E-state index contributed by atoms with van der Waals surface area (Å²) in [6, 6.07) is 3.44. The molecule has 4 rings (SSSR count). The first kappa shape index (κ1) is 18.6. The second-order valence-corrected chi connectivity index (χ2v) is 7.89. The molecule has 2 aromatic heterocycles. The first-order chi connectivity index (χ1) is 13.6. The number of carbonyl (C=O) groups excluding carboxylic acids is 3. The van der Waals surface area contributed by atoms with Crippen molar-refractivity contribution in [3.05, 3.63) is 23.4 Å². The Morgan fingerprint density at radius 2 is 2.21 bits per heavy atom. The number of imide groups is 1. The van der Waals surface area contributed by atoms with Crippen LogP contribution in [0, 0.1) is 0 Å². The van der Waals surface area contributed by atoms with Crippen LogP contribution in [0.4, 0.5) is 4.79 Å². The third kappa shape index (κ3) is 4.06. The first-order valence-corrected chi connectivity index (χ1v) is 10.2. The van der Waals surface area contributed by atoms with Gasteiger partial charge in [-0.15, -0.1) is 21.5 Å². The molecular weight excluding hydrogens is 382 g/mol. The smallest absolute Gasteiger partial charge is 0.324 e. The molecule has 4 heterocycles. The lowest BCUT2D eigenvalue weighted by atomic mass is 9.98. The number of rotatable bonds is 5. The van der Waals surface area contributed by atoms with Crippen molar-refractivity contribution in [1.29, 1.82) is 0 Å². The van der Waals surface area contributed by atoms with E-state index < -0.39 is 6.03 Å². The zero-order valence-electron chi connectivity index (χ0n) is 15.3. The minimum absolute atomic E-state index is 0.00704. The van der Waals surface area contributed by atoms with Gasteiger partial charge in [-0.05, 0) is 24.3 Å². The van der Waals surface area contributed by atoms with Crippen molar-refractivity contribution >= 4 is 29.2 Å². The van der Waals surface area contributed by atoms with E-state index in [2.05, 4.69) is 15.5 Å². The number of hydrogen-bond donors (Lipinski definition) is 1. The Hall–Kier alpha value is -2.75. The lowest BCUT2D eigenvalue weighted by Gasteiger charge is -2.32. The Labute approximate surface area is 165 Å². The Morgan fingerprint density at radius 3 is 3.00 bits per heavy atom. The van der Waals surface area contributed by atoms with Gasteiger partial charge in [-0.1, -0.05) is 6.07 Å². The molecule has 1 N–H and O–H groups in total. The van der Waals surface area contributed by atoms with Crippen LogP contribution in [-0.4, -0.2) is 64.0 Å². The van der Waals surface area contributed by atoms with E-state index in [1.807, 2.05) is 17.5 Å². The van der Waals surface area contributed by atoms with Crippen LogP contribution in [-0.2, 0) is 9.59 Å². The molecule has 10 heteroatoms. The SMILES string of the molecule is O=C1CCN(CCC(=O)N2CCCC(c3nnc(-c4cccs4)o3)C2)C(=O)N1. The van der Waals surface area contributed by atoms with Gasteiger partial charge < -0.3 is 14.2 Å². The summed E-state index contributed by atoms with van der Waals surface area (Å²) in [6.07, 6.45) is 2.27. The summed E-state index contributed by atoms with van der Waals surface area (Å²) in [5, 5.41) is 12.5. The maximum Gasteiger partial charge on any atom is 0.324 e. The summed E-state index contributed by atoms with van der Waals surface area (Å²) in [5.41, 5.74) is 0. The number of aromatic nitrogens is 2. The molecule has 0 radical (unpaired) electrons.